The molecule has 0 spiro atoms. The average molecular weight is 245 g/mol. The first kappa shape index (κ1) is 12.9. The summed E-state index contributed by atoms with van der Waals surface area (Å²) in [7, 11) is 0. The maximum Gasteiger partial charge on any atom is 0.219 e. The molecule has 1 unspecified atom stereocenters. The van der Waals surface area contributed by atoms with Crippen molar-refractivity contribution >= 4 is 17.5 Å². The Kier molecular flexibility index (Phi) is 4.71. The Balaban J connectivity index is 2.91. The van der Waals surface area contributed by atoms with Crippen molar-refractivity contribution < 1.29 is 9.18 Å². The van der Waals surface area contributed by atoms with Crippen LogP contribution in [-0.4, -0.2) is 12.5 Å². The van der Waals surface area contributed by atoms with Crippen LogP contribution in [0.2, 0.25) is 5.02 Å². The van der Waals surface area contributed by atoms with E-state index in [1.54, 1.807) is 6.07 Å². The summed E-state index contributed by atoms with van der Waals surface area (Å²) in [4.78, 5) is 10.9. The number of nitrogens with two attached hydrogens (primary N) is 1. The second-order valence-corrected chi connectivity index (χ2v) is 3.86. The first-order chi connectivity index (χ1) is 7.54. The van der Waals surface area contributed by atoms with Gasteiger partial charge in [-0.05, 0) is 24.2 Å². The lowest BCUT2D eigenvalue weighted by molar-refractivity contribution is -0.118. The highest BCUT2D eigenvalue weighted by molar-refractivity contribution is 6.30. The van der Waals surface area contributed by atoms with Crippen LogP contribution < -0.4 is 11.1 Å². The van der Waals surface area contributed by atoms with Crippen molar-refractivity contribution in [3.05, 3.63) is 34.6 Å². The van der Waals surface area contributed by atoms with Crippen LogP contribution in [0, 0.1) is 5.82 Å². The molecule has 0 saturated heterocycles. The molecule has 1 rings (SSSR count). The zero-order chi connectivity index (χ0) is 12.1. The van der Waals surface area contributed by atoms with Gasteiger partial charge < -0.3 is 11.1 Å². The van der Waals surface area contributed by atoms with E-state index in [2.05, 4.69) is 5.32 Å². The number of carbonyl (C=O) groups is 1. The van der Waals surface area contributed by atoms with Gasteiger partial charge in [0.2, 0.25) is 5.91 Å². The van der Waals surface area contributed by atoms with E-state index >= 15 is 0 Å². The molecule has 1 amide bonds. The summed E-state index contributed by atoms with van der Waals surface area (Å²) >= 11 is 5.68. The zero-order valence-electron chi connectivity index (χ0n) is 8.97. The molecule has 3 N–H and O–H groups in total. The highest BCUT2D eigenvalue weighted by Crippen LogP contribution is 2.22. The molecule has 88 valence electrons. The molecule has 3 nitrogen and oxygen atoms in total. The lowest BCUT2D eigenvalue weighted by Crippen LogP contribution is -2.26. The summed E-state index contributed by atoms with van der Waals surface area (Å²) in [6.45, 7) is 2.60. The number of amides is 1. The summed E-state index contributed by atoms with van der Waals surface area (Å²) in [5.41, 5.74) is 5.90. The van der Waals surface area contributed by atoms with Crippen LogP contribution in [0.1, 0.15) is 24.9 Å². The fraction of sp³-hybridized carbons (Fsp3) is 0.364. The van der Waals surface area contributed by atoms with E-state index in [1.165, 1.54) is 12.1 Å². The summed E-state index contributed by atoms with van der Waals surface area (Å²) in [6.07, 6.45) is 0.163. The number of benzene rings is 1. The van der Waals surface area contributed by atoms with Gasteiger partial charge in [-0.3, -0.25) is 4.79 Å². The Morgan fingerprint density at radius 2 is 2.31 bits per heavy atom. The van der Waals surface area contributed by atoms with Gasteiger partial charge in [0.05, 0.1) is 5.02 Å². The summed E-state index contributed by atoms with van der Waals surface area (Å²) in [6, 6.07) is 4.16. The molecule has 5 heteroatoms. The fourth-order valence-electron chi connectivity index (χ4n) is 1.48. The van der Waals surface area contributed by atoms with Crippen LogP contribution in [0.4, 0.5) is 4.39 Å². The fourth-order valence-corrected chi connectivity index (χ4v) is 1.67. The third-order valence-electron chi connectivity index (χ3n) is 2.20. The van der Waals surface area contributed by atoms with Crippen LogP contribution >= 0.6 is 11.6 Å². The minimum atomic E-state index is -0.472. The lowest BCUT2D eigenvalue weighted by atomic mass is 10.0. The monoisotopic (exact) mass is 244 g/mol. The molecule has 0 aliphatic carbocycles. The topological polar surface area (TPSA) is 55.1 Å². The van der Waals surface area contributed by atoms with Gasteiger partial charge in [0.1, 0.15) is 5.82 Å². The molecule has 0 radical (unpaired) electrons. The lowest BCUT2D eigenvalue weighted by Gasteiger charge is -2.16. The van der Waals surface area contributed by atoms with E-state index in [1.807, 2.05) is 6.92 Å². The van der Waals surface area contributed by atoms with Crippen LogP contribution in [0.25, 0.3) is 0 Å². The first-order valence-electron chi connectivity index (χ1n) is 5.01. The summed E-state index contributed by atoms with van der Waals surface area (Å²) < 4.78 is 13.0. The largest absolute Gasteiger partial charge is 0.370 e. The number of primary amides is 1. The van der Waals surface area contributed by atoms with E-state index in [0.29, 0.717) is 6.54 Å². The predicted octanol–water partition coefficient (Wildman–Crippen LogP) is 2.01. The van der Waals surface area contributed by atoms with E-state index in [9.17, 15) is 9.18 Å². The SMILES string of the molecule is CCNC(CC(N)=O)c1ccc(F)c(Cl)c1. The minimum Gasteiger partial charge on any atom is -0.370 e. The smallest absolute Gasteiger partial charge is 0.219 e. The standard InChI is InChI=1S/C11H14ClFN2O/c1-2-15-10(6-11(14)16)7-3-4-9(13)8(12)5-7/h3-5,10,15H,2,6H2,1H3,(H2,14,16). The summed E-state index contributed by atoms with van der Waals surface area (Å²) in [5, 5.41) is 3.14. The molecular formula is C11H14ClFN2O. The highest BCUT2D eigenvalue weighted by Gasteiger charge is 2.14. The molecule has 0 aromatic heterocycles. The number of hydrogen-bond donors (Lipinski definition) is 2. The predicted molar refractivity (Wildman–Crippen MR) is 61.6 cm³/mol. The Morgan fingerprint density at radius 3 is 2.81 bits per heavy atom. The van der Waals surface area contributed by atoms with Crippen molar-refractivity contribution in [2.45, 2.75) is 19.4 Å². The van der Waals surface area contributed by atoms with Gasteiger partial charge in [-0.15, -0.1) is 0 Å². The Hall–Kier alpha value is -1.13. The Morgan fingerprint density at radius 1 is 1.62 bits per heavy atom. The molecule has 1 aromatic carbocycles. The van der Waals surface area contributed by atoms with Gasteiger partial charge in [-0.2, -0.15) is 0 Å². The minimum absolute atomic E-state index is 0.0462. The molecule has 0 aliphatic heterocycles. The quantitative estimate of drug-likeness (QED) is 0.833. The van der Waals surface area contributed by atoms with E-state index in [-0.39, 0.29) is 17.5 Å². The maximum absolute atomic E-state index is 13.0. The van der Waals surface area contributed by atoms with Crippen LogP contribution in [0.3, 0.4) is 0 Å². The van der Waals surface area contributed by atoms with E-state index < -0.39 is 11.7 Å². The molecule has 0 fully saturated rings. The van der Waals surface area contributed by atoms with Crippen molar-refractivity contribution in [2.75, 3.05) is 6.54 Å². The molecule has 0 aliphatic rings. The third-order valence-corrected chi connectivity index (χ3v) is 2.49. The summed E-state index contributed by atoms with van der Waals surface area (Å²) in [5.74, 6) is -0.883. The van der Waals surface area contributed by atoms with Crippen molar-refractivity contribution in [1.29, 1.82) is 0 Å². The second-order valence-electron chi connectivity index (χ2n) is 3.45. The van der Waals surface area contributed by atoms with E-state index in [0.717, 1.165) is 5.56 Å². The van der Waals surface area contributed by atoms with Crippen molar-refractivity contribution in [3.63, 3.8) is 0 Å². The van der Waals surface area contributed by atoms with Crippen LogP contribution in [-0.2, 0) is 4.79 Å². The molecule has 16 heavy (non-hydrogen) atoms. The average Bonchev–Trinajstić information content (AvgIpc) is 2.21. The maximum atomic E-state index is 13.0. The van der Waals surface area contributed by atoms with Crippen LogP contribution in [0.5, 0.6) is 0 Å². The van der Waals surface area contributed by atoms with Gasteiger partial charge in [0.15, 0.2) is 0 Å². The van der Waals surface area contributed by atoms with Crippen molar-refractivity contribution in [3.8, 4) is 0 Å². The van der Waals surface area contributed by atoms with Crippen molar-refractivity contribution in [1.82, 2.24) is 5.32 Å². The third kappa shape index (κ3) is 3.47. The Labute approximate surface area is 98.8 Å². The first-order valence-corrected chi connectivity index (χ1v) is 5.39. The number of carbonyl (C=O) groups excluding carboxylic acids is 1. The highest BCUT2D eigenvalue weighted by atomic mass is 35.5. The van der Waals surface area contributed by atoms with Crippen molar-refractivity contribution in [2.24, 2.45) is 5.73 Å². The second kappa shape index (κ2) is 5.82. The zero-order valence-corrected chi connectivity index (χ0v) is 9.72. The van der Waals surface area contributed by atoms with Gasteiger partial charge in [-0.1, -0.05) is 24.6 Å². The van der Waals surface area contributed by atoms with Gasteiger partial charge in [0.25, 0.3) is 0 Å². The molecular weight excluding hydrogens is 231 g/mol. The number of hydrogen-bond acceptors (Lipinski definition) is 2. The molecule has 1 aromatic rings. The normalized spacial score (nSPS) is 12.4. The number of rotatable bonds is 5. The molecule has 0 heterocycles. The molecule has 0 bridgehead atoms. The van der Waals surface area contributed by atoms with Gasteiger partial charge in [-0.25, -0.2) is 4.39 Å². The van der Waals surface area contributed by atoms with E-state index in [4.69, 9.17) is 17.3 Å². The van der Waals surface area contributed by atoms with Gasteiger partial charge >= 0.3 is 0 Å². The van der Waals surface area contributed by atoms with Gasteiger partial charge in [0, 0.05) is 12.5 Å². The molecule has 0 saturated carbocycles. The Bertz CT molecular complexity index is 384. The van der Waals surface area contributed by atoms with Crippen LogP contribution in [0.15, 0.2) is 18.2 Å². The number of nitrogens with one attached hydrogen (secondary N) is 1. The number of halogens is 2. The molecule has 1 atom stereocenters.